The molecule has 1 atom stereocenters. The zero-order valence-corrected chi connectivity index (χ0v) is 13.7. The molecule has 0 amide bonds. The van der Waals surface area contributed by atoms with Gasteiger partial charge in [-0.1, -0.05) is 54.1 Å². The van der Waals surface area contributed by atoms with Crippen LogP contribution in [0.1, 0.15) is 30.0 Å². The summed E-state index contributed by atoms with van der Waals surface area (Å²) in [7, 11) is -3.32. The van der Waals surface area contributed by atoms with E-state index in [2.05, 4.69) is 0 Å². The van der Waals surface area contributed by atoms with Crippen molar-refractivity contribution in [2.45, 2.75) is 24.6 Å². The fraction of sp³-hybridized carbons (Fsp3) is 0.294. The molecule has 2 aromatic rings. The summed E-state index contributed by atoms with van der Waals surface area (Å²) in [5.41, 5.74) is 1.84. The van der Waals surface area contributed by atoms with Gasteiger partial charge in [0.05, 0.1) is 5.75 Å². The minimum atomic E-state index is -3.32. The van der Waals surface area contributed by atoms with Gasteiger partial charge in [-0.3, -0.25) is 0 Å². The molecule has 2 aromatic carbocycles. The molecular weight excluding hydrogens is 318 g/mol. The number of sulfonamides is 1. The molecule has 1 unspecified atom stereocenters. The molecule has 0 saturated carbocycles. The van der Waals surface area contributed by atoms with Crippen LogP contribution < -0.4 is 0 Å². The van der Waals surface area contributed by atoms with E-state index < -0.39 is 10.0 Å². The Morgan fingerprint density at radius 3 is 2.41 bits per heavy atom. The molecule has 3 rings (SSSR count). The van der Waals surface area contributed by atoms with E-state index in [0.717, 1.165) is 24.0 Å². The van der Waals surface area contributed by atoms with E-state index in [-0.39, 0.29) is 11.8 Å². The van der Waals surface area contributed by atoms with Gasteiger partial charge in [0, 0.05) is 17.6 Å². The molecule has 0 N–H and O–H groups in total. The third-order valence-corrected chi connectivity index (χ3v) is 6.11. The first-order valence-corrected chi connectivity index (χ1v) is 9.34. The van der Waals surface area contributed by atoms with Crippen LogP contribution in [0.3, 0.4) is 0 Å². The Balaban J connectivity index is 1.84. The maximum Gasteiger partial charge on any atom is 0.218 e. The van der Waals surface area contributed by atoms with Gasteiger partial charge in [-0.2, -0.15) is 4.31 Å². The van der Waals surface area contributed by atoms with E-state index in [1.165, 1.54) is 0 Å². The van der Waals surface area contributed by atoms with Gasteiger partial charge in [-0.15, -0.1) is 0 Å². The van der Waals surface area contributed by atoms with E-state index >= 15 is 0 Å². The number of halogens is 1. The minimum absolute atomic E-state index is 0.0535. The van der Waals surface area contributed by atoms with Crippen LogP contribution in [0.15, 0.2) is 54.6 Å². The van der Waals surface area contributed by atoms with E-state index in [1.807, 2.05) is 54.6 Å². The average molecular weight is 336 g/mol. The molecule has 22 heavy (non-hydrogen) atoms. The van der Waals surface area contributed by atoms with Crippen molar-refractivity contribution in [2.75, 3.05) is 6.54 Å². The van der Waals surface area contributed by atoms with Crippen molar-refractivity contribution in [1.82, 2.24) is 4.31 Å². The maximum absolute atomic E-state index is 12.8. The zero-order chi connectivity index (χ0) is 15.6. The molecule has 0 radical (unpaired) electrons. The molecular formula is C17H18ClNO2S. The predicted molar refractivity (Wildman–Crippen MR) is 89.2 cm³/mol. The number of nitrogens with zero attached hydrogens (tertiary/aromatic N) is 1. The second-order valence-corrected chi connectivity index (χ2v) is 7.92. The summed E-state index contributed by atoms with van der Waals surface area (Å²) in [4.78, 5) is 0. The van der Waals surface area contributed by atoms with Crippen LogP contribution in [0.25, 0.3) is 0 Å². The zero-order valence-electron chi connectivity index (χ0n) is 12.2. The summed E-state index contributed by atoms with van der Waals surface area (Å²) in [5, 5.41) is 0.667. The SMILES string of the molecule is O=S(=O)(Cc1ccccc1)N1CCCC1c1ccc(Cl)cc1. The standard InChI is InChI=1S/C17H18ClNO2S/c18-16-10-8-15(9-11-16)17-7-4-12-19(17)22(20,21)13-14-5-2-1-3-6-14/h1-3,5-6,8-11,17H,4,7,12-13H2. The summed E-state index contributed by atoms with van der Waals surface area (Å²) in [6, 6.07) is 16.7. The largest absolute Gasteiger partial charge is 0.218 e. The molecule has 0 spiro atoms. The van der Waals surface area contributed by atoms with Gasteiger partial charge in [0.1, 0.15) is 0 Å². The molecule has 5 heteroatoms. The molecule has 1 fully saturated rings. The number of benzene rings is 2. The Morgan fingerprint density at radius 2 is 1.73 bits per heavy atom. The Hall–Kier alpha value is -1.36. The molecule has 0 aromatic heterocycles. The highest BCUT2D eigenvalue weighted by atomic mass is 35.5. The van der Waals surface area contributed by atoms with Crippen LogP contribution in [-0.4, -0.2) is 19.3 Å². The fourth-order valence-electron chi connectivity index (χ4n) is 2.96. The number of hydrogen-bond donors (Lipinski definition) is 0. The fourth-order valence-corrected chi connectivity index (χ4v) is 4.89. The van der Waals surface area contributed by atoms with Crippen LogP contribution in [-0.2, 0) is 15.8 Å². The molecule has 1 aliphatic rings. The van der Waals surface area contributed by atoms with Gasteiger partial charge in [-0.05, 0) is 36.1 Å². The lowest BCUT2D eigenvalue weighted by molar-refractivity contribution is 0.396. The van der Waals surface area contributed by atoms with Gasteiger partial charge in [0.2, 0.25) is 10.0 Å². The minimum Gasteiger partial charge on any atom is -0.212 e. The van der Waals surface area contributed by atoms with Crippen molar-refractivity contribution in [2.24, 2.45) is 0 Å². The normalized spacial score (nSPS) is 19.4. The van der Waals surface area contributed by atoms with Gasteiger partial charge in [0.15, 0.2) is 0 Å². The van der Waals surface area contributed by atoms with E-state index in [4.69, 9.17) is 11.6 Å². The van der Waals surface area contributed by atoms with Crippen LogP contribution in [0.2, 0.25) is 5.02 Å². The van der Waals surface area contributed by atoms with Crippen LogP contribution in [0.5, 0.6) is 0 Å². The number of rotatable bonds is 4. The van der Waals surface area contributed by atoms with Gasteiger partial charge >= 0.3 is 0 Å². The highest BCUT2D eigenvalue weighted by Gasteiger charge is 2.34. The molecule has 1 heterocycles. The molecule has 3 nitrogen and oxygen atoms in total. The lowest BCUT2D eigenvalue weighted by Crippen LogP contribution is -2.31. The summed E-state index contributed by atoms with van der Waals surface area (Å²) in [6.45, 7) is 0.586. The Labute approximate surface area is 136 Å². The third kappa shape index (κ3) is 3.35. The first-order valence-electron chi connectivity index (χ1n) is 7.35. The van der Waals surface area contributed by atoms with Crippen molar-refractivity contribution in [3.05, 3.63) is 70.7 Å². The second kappa shape index (κ2) is 6.41. The smallest absolute Gasteiger partial charge is 0.212 e. The van der Waals surface area contributed by atoms with Crippen LogP contribution in [0, 0.1) is 0 Å². The highest BCUT2D eigenvalue weighted by molar-refractivity contribution is 7.88. The first-order chi connectivity index (χ1) is 10.6. The van der Waals surface area contributed by atoms with Crippen LogP contribution >= 0.6 is 11.6 Å². The predicted octanol–water partition coefficient (Wildman–Crippen LogP) is 4.01. The van der Waals surface area contributed by atoms with E-state index in [1.54, 1.807) is 4.31 Å². The Morgan fingerprint density at radius 1 is 1.05 bits per heavy atom. The molecule has 116 valence electrons. The summed E-state index contributed by atoms with van der Waals surface area (Å²) in [5.74, 6) is 0.0535. The van der Waals surface area contributed by atoms with Crippen molar-refractivity contribution in [3.8, 4) is 0 Å². The molecule has 1 aliphatic heterocycles. The lowest BCUT2D eigenvalue weighted by Gasteiger charge is -2.24. The first kappa shape index (κ1) is 15.5. The lowest BCUT2D eigenvalue weighted by atomic mass is 10.1. The summed E-state index contributed by atoms with van der Waals surface area (Å²) >= 11 is 5.92. The Kier molecular flexibility index (Phi) is 4.52. The summed E-state index contributed by atoms with van der Waals surface area (Å²) in [6.07, 6.45) is 1.75. The summed E-state index contributed by atoms with van der Waals surface area (Å²) < 4.78 is 27.1. The number of hydrogen-bond acceptors (Lipinski definition) is 2. The molecule has 1 saturated heterocycles. The third-order valence-electron chi connectivity index (χ3n) is 4.01. The monoisotopic (exact) mass is 335 g/mol. The van der Waals surface area contributed by atoms with Crippen molar-refractivity contribution < 1.29 is 8.42 Å². The molecule has 0 aliphatic carbocycles. The highest BCUT2D eigenvalue weighted by Crippen LogP contribution is 2.35. The molecule has 0 bridgehead atoms. The maximum atomic E-state index is 12.8. The van der Waals surface area contributed by atoms with Crippen molar-refractivity contribution in [3.63, 3.8) is 0 Å². The van der Waals surface area contributed by atoms with Crippen molar-refractivity contribution in [1.29, 1.82) is 0 Å². The van der Waals surface area contributed by atoms with Gasteiger partial charge in [-0.25, -0.2) is 8.42 Å². The van der Waals surface area contributed by atoms with Crippen LogP contribution in [0.4, 0.5) is 0 Å². The quantitative estimate of drug-likeness (QED) is 0.846. The van der Waals surface area contributed by atoms with E-state index in [9.17, 15) is 8.42 Å². The van der Waals surface area contributed by atoms with E-state index in [0.29, 0.717) is 11.6 Å². The topological polar surface area (TPSA) is 37.4 Å². The average Bonchev–Trinajstić information content (AvgIpc) is 2.99. The second-order valence-electron chi connectivity index (χ2n) is 5.56. The Bertz CT molecular complexity index is 729. The van der Waals surface area contributed by atoms with Crippen molar-refractivity contribution >= 4 is 21.6 Å². The van der Waals surface area contributed by atoms with Gasteiger partial charge < -0.3 is 0 Å². The van der Waals surface area contributed by atoms with Gasteiger partial charge in [0.25, 0.3) is 0 Å².